The number of carbonyl (C=O) groups is 2. The number of carbonyl (C=O) groups excluding carboxylic acids is 2. The largest absolute Gasteiger partial charge is 0.435 e. The van der Waals surface area contributed by atoms with Crippen molar-refractivity contribution in [1.82, 2.24) is 14.5 Å². The maximum atomic E-state index is 13.4. The second-order valence-electron chi connectivity index (χ2n) is 7.99. The molecule has 0 radical (unpaired) electrons. The third-order valence-corrected chi connectivity index (χ3v) is 6.99. The minimum absolute atomic E-state index is 0.119. The molecule has 0 saturated carbocycles. The zero-order valence-corrected chi connectivity index (χ0v) is 21.0. The molecule has 1 heterocycles. The van der Waals surface area contributed by atoms with Gasteiger partial charge in [-0.05, 0) is 54.6 Å². The van der Waals surface area contributed by atoms with Crippen molar-refractivity contribution in [3.8, 4) is 16.9 Å². The van der Waals surface area contributed by atoms with Gasteiger partial charge in [-0.15, -0.1) is 0 Å². The molecule has 0 saturated heterocycles. The van der Waals surface area contributed by atoms with E-state index in [2.05, 4.69) is 10.4 Å². The molecule has 0 spiro atoms. The summed E-state index contributed by atoms with van der Waals surface area (Å²) in [6.07, 6.45) is -4.68. The van der Waals surface area contributed by atoms with Gasteiger partial charge < -0.3 is 5.32 Å². The van der Waals surface area contributed by atoms with Crippen molar-refractivity contribution in [2.45, 2.75) is 18.0 Å². The van der Waals surface area contributed by atoms with Crippen molar-refractivity contribution in [2.24, 2.45) is 0 Å². The predicted octanol–water partition coefficient (Wildman–Crippen LogP) is 5.29. The summed E-state index contributed by atoms with van der Waals surface area (Å²) in [6.45, 7) is 1.07. The number of hydrogen-bond acceptors (Lipinski definition) is 5. The van der Waals surface area contributed by atoms with Crippen molar-refractivity contribution in [2.75, 3.05) is 5.32 Å². The van der Waals surface area contributed by atoms with Crippen molar-refractivity contribution in [1.29, 1.82) is 0 Å². The number of aromatic nitrogens is 2. The van der Waals surface area contributed by atoms with Crippen LogP contribution in [0.5, 0.6) is 0 Å². The first kappa shape index (κ1) is 26.9. The van der Waals surface area contributed by atoms with Gasteiger partial charge >= 0.3 is 6.18 Å². The van der Waals surface area contributed by atoms with Gasteiger partial charge in [0.1, 0.15) is 0 Å². The highest BCUT2D eigenvalue weighted by atomic mass is 35.5. The molecular formula is C25H18ClF3N4O4S. The lowest BCUT2D eigenvalue weighted by Gasteiger charge is -2.10. The van der Waals surface area contributed by atoms with Crippen LogP contribution in [0.25, 0.3) is 16.9 Å². The van der Waals surface area contributed by atoms with Crippen LogP contribution in [0.4, 0.5) is 18.9 Å². The Kier molecular flexibility index (Phi) is 7.29. The first-order chi connectivity index (χ1) is 17.8. The molecule has 1 aromatic heterocycles. The lowest BCUT2D eigenvalue weighted by atomic mass is 10.1. The Morgan fingerprint density at radius 3 is 2.16 bits per heavy atom. The minimum atomic E-state index is -4.68. The highest BCUT2D eigenvalue weighted by Crippen LogP contribution is 2.34. The van der Waals surface area contributed by atoms with Gasteiger partial charge in [-0.25, -0.2) is 17.8 Å². The SMILES string of the molecule is CC(=O)NS(=O)(=O)c1ccc(NC(=O)c2ccc(-c3cc(C(F)(F)F)nn3-c3ccccc3Cl)cc2)cc1. The molecule has 4 aromatic rings. The average Bonchev–Trinajstić information content (AvgIpc) is 3.30. The Bertz CT molecular complexity index is 1620. The number of alkyl halides is 3. The number of anilines is 1. The summed E-state index contributed by atoms with van der Waals surface area (Å²) in [6, 6.07) is 18.2. The molecule has 0 bridgehead atoms. The van der Waals surface area contributed by atoms with E-state index < -0.39 is 33.7 Å². The van der Waals surface area contributed by atoms with Gasteiger partial charge in [-0.2, -0.15) is 18.3 Å². The van der Waals surface area contributed by atoms with Gasteiger partial charge in [0.05, 0.1) is 21.3 Å². The fourth-order valence-electron chi connectivity index (χ4n) is 3.49. The van der Waals surface area contributed by atoms with Crippen LogP contribution in [-0.2, 0) is 21.0 Å². The number of amides is 2. The van der Waals surface area contributed by atoms with Gasteiger partial charge in [-0.3, -0.25) is 9.59 Å². The zero-order valence-electron chi connectivity index (χ0n) is 19.5. The smallest absolute Gasteiger partial charge is 0.322 e. The molecule has 13 heteroatoms. The molecule has 0 aliphatic heterocycles. The zero-order chi connectivity index (χ0) is 27.7. The number of nitrogens with zero attached hydrogens (tertiary/aromatic N) is 2. The van der Waals surface area contributed by atoms with E-state index in [-0.39, 0.29) is 32.6 Å². The van der Waals surface area contributed by atoms with E-state index in [0.717, 1.165) is 17.7 Å². The van der Waals surface area contributed by atoms with Gasteiger partial charge in [0.2, 0.25) is 5.91 Å². The number of sulfonamides is 1. The van der Waals surface area contributed by atoms with Gasteiger partial charge in [0.15, 0.2) is 5.69 Å². The van der Waals surface area contributed by atoms with Crippen molar-refractivity contribution in [3.63, 3.8) is 0 Å². The van der Waals surface area contributed by atoms with Crippen LogP contribution in [0.15, 0.2) is 83.8 Å². The first-order valence-corrected chi connectivity index (χ1v) is 12.7. The molecule has 3 aromatic carbocycles. The summed E-state index contributed by atoms with van der Waals surface area (Å²) in [7, 11) is -4.02. The molecule has 0 atom stereocenters. The molecule has 0 fully saturated rings. The topological polar surface area (TPSA) is 110 Å². The molecule has 2 N–H and O–H groups in total. The Hall–Kier alpha value is -4.16. The second kappa shape index (κ2) is 10.3. The van der Waals surface area contributed by atoms with E-state index in [9.17, 15) is 31.2 Å². The number of para-hydroxylation sites is 1. The Morgan fingerprint density at radius 1 is 0.947 bits per heavy atom. The fourth-order valence-corrected chi connectivity index (χ4v) is 4.70. The molecule has 0 aliphatic carbocycles. The average molecular weight is 563 g/mol. The van der Waals surface area contributed by atoms with Gasteiger partial charge in [0, 0.05) is 23.7 Å². The quantitative estimate of drug-likeness (QED) is 0.332. The van der Waals surface area contributed by atoms with E-state index in [1.54, 1.807) is 12.1 Å². The molecule has 4 rings (SSSR count). The molecule has 0 unspecified atom stereocenters. The summed E-state index contributed by atoms with van der Waals surface area (Å²) >= 11 is 6.20. The van der Waals surface area contributed by atoms with E-state index >= 15 is 0 Å². The lowest BCUT2D eigenvalue weighted by molar-refractivity contribution is -0.141. The maximum absolute atomic E-state index is 13.4. The summed E-state index contributed by atoms with van der Waals surface area (Å²) in [4.78, 5) is 23.6. The molecule has 2 amide bonds. The van der Waals surface area contributed by atoms with Crippen LogP contribution in [0.1, 0.15) is 23.0 Å². The highest BCUT2D eigenvalue weighted by Gasteiger charge is 2.35. The van der Waals surface area contributed by atoms with Crippen LogP contribution in [0.2, 0.25) is 5.02 Å². The standard InChI is InChI=1S/C25H18ClF3N4O4S/c1-15(34)32-38(36,37)19-12-10-18(11-13-19)30-24(35)17-8-6-16(7-9-17)22-14-23(25(27,28)29)31-33(22)21-5-3-2-4-20(21)26/h2-14H,1H3,(H,30,35)(H,32,34). The van der Waals surface area contributed by atoms with Crippen LogP contribution in [0, 0.1) is 0 Å². The summed E-state index contributed by atoms with van der Waals surface area (Å²) < 4.78 is 67.3. The number of rotatable bonds is 6. The van der Waals surface area contributed by atoms with E-state index in [4.69, 9.17) is 11.6 Å². The van der Waals surface area contributed by atoms with Crippen molar-refractivity contribution < 1.29 is 31.2 Å². The summed E-state index contributed by atoms with van der Waals surface area (Å²) in [5.74, 6) is -1.28. The Balaban J connectivity index is 1.58. The third-order valence-electron chi connectivity index (χ3n) is 5.22. The van der Waals surface area contributed by atoms with Crippen LogP contribution in [-0.4, -0.2) is 30.0 Å². The summed E-state index contributed by atoms with van der Waals surface area (Å²) in [5.41, 5.74) is 0.116. The Morgan fingerprint density at radius 2 is 1.58 bits per heavy atom. The van der Waals surface area contributed by atoms with Crippen LogP contribution in [0.3, 0.4) is 0 Å². The molecule has 38 heavy (non-hydrogen) atoms. The molecule has 8 nitrogen and oxygen atoms in total. The predicted molar refractivity (Wildman–Crippen MR) is 134 cm³/mol. The van der Waals surface area contributed by atoms with Crippen LogP contribution < -0.4 is 10.0 Å². The molecule has 0 aliphatic rings. The lowest BCUT2D eigenvalue weighted by Crippen LogP contribution is -2.28. The van der Waals surface area contributed by atoms with E-state index in [1.165, 1.54) is 60.7 Å². The number of benzene rings is 3. The second-order valence-corrected chi connectivity index (χ2v) is 10.1. The van der Waals surface area contributed by atoms with Crippen LogP contribution >= 0.6 is 11.6 Å². The highest BCUT2D eigenvalue weighted by molar-refractivity contribution is 7.90. The molecular weight excluding hydrogens is 545 g/mol. The first-order valence-electron chi connectivity index (χ1n) is 10.8. The maximum Gasteiger partial charge on any atom is 0.435 e. The number of hydrogen-bond donors (Lipinski definition) is 2. The summed E-state index contributed by atoms with van der Waals surface area (Å²) in [5, 5.41) is 6.51. The third kappa shape index (κ3) is 5.87. The van der Waals surface area contributed by atoms with Gasteiger partial charge in [-0.1, -0.05) is 35.9 Å². The normalized spacial score (nSPS) is 11.7. The Labute approximate surface area is 220 Å². The molecule has 196 valence electrons. The van der Waals surface area contributed by atoms with E-state index in [0.29, 0.717) is 5.56 Å². The van der Waals surface area contributed by atoms with E-state index in [1.807, 2.05) is 4.72 Å². The number of nitrogens with one attached hydrogen (secondary N) is 2. The van der Waals surface area contributed by atoms with Gasteiger partial charge in [0.25, 0.3) is 15.9 Å². The van der Waals surface area contributed by atoms with Crippen molar-refractivity contribution >= 4 is 39.1 Å². The fraction of sp³-hybridized carbons (Fsp3) is 0.0800. The number of halogens is 4. The monoisotopic (exact) mass is 562 g/mol. The van der Waals surface area contributed by atoms with Crippen molar-refractivity contribution in [3.05, 3.63) is 95.1 Å². The minimum Gasteiger partial charge on any atom is -0.322 e.